The maximum absolute atomic E-state index is 13.6. The molecule has 43 heavy (non-hydrogen) atoms. The molecular weight excluding hydrogens is 564 g/mol. The van der Waals surface area contributed by atoms with Gasteiger partial charge in [-0.2, -0.15) is 0 Å². The zero-order valence-electron chi connectivity index (χ0n) is 23.4. The van der Waals surface area contributed by atoms with Crippen LogP contribution in [0.25, 0.3) is 0 Å². The highest BCUT2D eigenvalue weighted by molar-refractivity contribution is 6.30. The highest BCUT2D eigenvalue weighted by Crippen LogP contribution is 2.27. The number of hydrogen-bond donors (Lipinski definition) is 1. The van der Waals surface area contributed by atoms with Crippen LogP contribution in [0.1, 0.15) is 54.0 Å². The second-order valence-electron chi connectivity index (χ2n) is 9.76. The van der Waals surface area contributed by atoms with Crippen molar-refractivity contribution in [1.82, 2.24) is 4.98 Å². The summed E-state index contributed by atoms with van der Waals surface area (Å²) in [4.78, 5) is 46.9. The summed E-state index contributed by atoms with van der Waals surface area (Å²) >= 11 is 6.00. The van der Waals surface area contributed by atoms with Crippen molar-refractivity contribution in [2.45, 2.75) is 6.10 Å². The fraction of sp³-hybridized carbons (Fsp3) is 0.0857. The Hall–Kier alpha value is -5.11. The van der Waals surface area contributed by atoms with Crippen LogP contribution in [0.5, 0.6) is 5.75 Å². The molecule has 1 heterocycles. The predicted octanol–water partition coefficient (Wildman–Crippen LogP) is 6.89. The molecule has 4 aromatic carbocycles. The Labute approximate surface area is 254 Å². The molecule has 1 atom stereocenters. The lowest BCUT2D eigenvalue weighted by atomic mass is 9.89. The SMILES string of the molecule is COc1ccc(C(=O)c2ccc(C(=O)c3ccc(N(C)c4ccc(Cl)cc4)cn3)cc2C(=O)C(O)c2ccccc2)cc1. The van der Waals surface area contributed by atoms with E-state index in [4.69, 9.17) is 16.3 Å². The third-order valence-corrected chi connectivity index (χ3v) is 7.34. The molecule has 7 nitrogen and oxygen atoms in total. The topological polar surface area (TPSA) is 96.8 Å². The molecule has 1 N–H and O–H groups in total. The van der Waals surface area contributed by atoms with Gasteiger partial charge in [0.05, 0.1) is 19.0 Å². The third-order valence-electron chi connectivity index (χ3n) is 7.09. The van der Waals surface area contributed by atoms with Crippen LogP contribution in [0.15, 0.2) is 115 Å². The van der Waals surface area contributed by atoms with Gasteiger partial charge >= 0.3 is 0 Å². The summed E-state index contributed by atoms with van der Waals surface area (Å²) < 4.78 is 5.18. The minimum absolute atomic E-state index is 0.0644. The van der Waals surface area contributed by atoms with Crippen molar-refractivity contribution in [3.05, 3.63) is 154 Å². The Bertz CT molecular complexity index is 1770. The average Bonchev–Trinajstić information content (AvgIpc) is 3.07. The van der Waals surface area contributed by atoms with E-state index in [1.165, 1.54) is 25.3 Å². The molecule has 0 saturated carbocycles. The number of rotatable bonds is 10. The predicted molar refractivity (Wildman–Crippen MR) is 166 cm³/mol. The summed E-state index contributed by atoms with van der Waals surface area (Å²) in [6.45, 7) is 0. The summed E-state index contributed by atoms with van der Waals surface area (Å²) in [5.41, 5.74) is 2.64. The molecule has 214 valence electrons. The van der Waals surface area contributed by atoms with Crippen molar-refractivity contribution in [3.63, 3.8) is 0 Å². The van der Waals surface area contributed by atoms with Gasteiger partial charge in [-0.1, -0.05) is 48.0 Å². The first-order valence-electron chi connectivity index (χ1n) is 13.4. The number of aromatic nitrogens is 1. The monoisotopic (exact) mass is 590 g/mol. The van der Waals surface area contributed by atoms with E-state index in [0.29, 0.717) is 21.9 Å². The van der Waals surface area contributed by atoms with Gasteiger partial charge in [-0.15, -0.1) is 0 Å². The number of halogens is 1. The van der Waals surface area contributed by atoms with Crippen LogP contribution in [0.4, 0.5) is 11.4 Å². The molecular formula is C35H27ClN2O5. The van der Waals surface area contributed by atoms with Crippen LogP contribution in [0.3, 0.4) is 0 Å². The van der Waals surface area contributed by atoms with Crippen LogP contribution in [-0.2, 0) is 0 Å². The van der Waals surface area contributed by atoms with Gasteiger partial charge in [0, 0.05) is 40.0 Å². The van der Waals surface area contributed by atoms with Gasteiger partial charge in [-0.25, -0.2) is 0 Å². The maximum atomic E-state index is 13.6. The Morgan fingerprint density at radius 3 is 2.05 bits per heavy atom. The van der Waals surface area contributed by atoms with Crippen LogP contribution in [0.2, 0.25) is 5.02 Å². The number of pyridine rings is 1. The number of nitrogens with zero attached hydrogens (tertiary/aromatic N) is 2. The highest BCUT2D eigenvalue weighted by Gasteiger charge is 2.27. The van der Waals surface area contributed by atoms with Crippen molar-refractivity contribution >= 4 is 40.3 Å². The van der Waals surface area contributed by atoms with Crippen molar-refractivity contribution in [2.24, 2.45) is 0 Å². The largest absolute Gasteiger partial charge is 0.497 e. The number of carbonyl (C=O) groups excluding carboxylic acids is 3. The molecule has 0 spiro atoms. The van der Waals surface area contributed by atoms with Gasteiger partial charge < -0.3 is 14.7 Å². The van der Waals surface area contributed by atoms with Crippen molar-refractivity contribution < 1.29 is 24.2 Å². The molecule has 1 unspecified atom stereocenters. The third kappa shape index (κ3) is 6.38. The van der Waals surface area contributed by atoms with E-state index in [-0.39, 0.29) is 22.4 Å². The molecule has 0 saturated heterocycles. The Morgan fingerprint density at radius 2 is 1.42 bits per heavy atom. The quantitative estimate of drug-likeness (QED) is 0.177. The fourth-order valence-corrected chi connectivity index (χ4v) is 4.73. The lowest BCUT2D eigenvalue weighted by Gasteiger charge is -2.19. The molecule has 0 amide bonds. The van der Waals surface area contributed by atoms with E-state index in [0.717, 1.165) is 11.4 Å². The summed E-state index contributed by atoms with van der Waals surface area (Å²) in [7, 11) is 3.39. The molecule has 0 aliphatic carbocycles. The number of ether oxygens (including phenoxy) is 1. The molecule has 0 fully saturated rings. The molecule has 8 heteroatoms. The minimum Gasteiger partial charge on any atom is -0.497 e. The molecule has 1 aromatic heterocycles. The van der Waals surface area contributed by atoms with E-state index in [1.54, 1.807) is 85.1 Å². The minimum atomic E-state index is -1.53. The Balaban J connectivity index is 1.48. The first-order valence-corrected chi connectivity index (χ1v) is 13.7. The van der Waals surface area contributed by atoms with E-state index in [2.05, 4.69) is 4.98 Å². The first kappa shape index (κ1) is 29.4. The summed E-state index contributed by atoms with van der Waals surface area (Å²) in [6.07, 6.45) is 0.0454. The highest BCUT2D eigenvalue weighted by atomic mass is 35.5. The van der Waals surface area contributed by atoms with Crippen LogP contribution < -0.4 is 9.64 Å². The molecule has 0 aliphatic heterocycles. The number of ketones is 3. The lowest BCUT2D eigenvalue weighted by Crippen LogP contribution is -2.18. The van der Waals surface area contributed by atoms with Crippen LogP contribution in [-0.4, -0.2) is 41.6 Å². The molecule has 0 bridgehead atoms. The zero-order valence-corrected chi connectivity index (χ0v) is 24.2. The normalized spacial score (nSPS) is 11.4. The smallest absolute Gasteiger partial charge is 0.211 e. The summed E-state index contributed by atoms with van der Waals surface area (Å²) in [5.74, 6) is -0.998. The zero-order chi connectivity index (χ0) is 30.5. The second kappa shape index (κ2) is 12.8. The fourth-order valence-electron chi connectivity index (χ4n) is 4.60. The number of aliphatic hydroxyl groups is 1. The Kier molecular flexibility index (Phi) is 8.76. The van der Waals surface area contributed by atoms with Gasteiger partial charge in [-0.05, 0) is 78.4 Å². The Morgan fingerprint density at radius 1 is 0.767 bits per heavy atom. The van der Waals surface area contributed by atoms with E-state index >= 15 is 0 Å². The number of anilines is 2. The summed E-state index contributed by atoms with van der Waals surface area (Å²) in [5, 5.41) is 11.6. The van der Waals surface area contributed by atoms with Gasteiger partial charge in [0.1, 0.15) is 17.5 Å². The van der Waals surface area contributed by atoms with Crippen LogP contribution in [0, 0.1) is 0 Å². The van der Waals surface area contributed by atoms with Crippen LogP contribution >= 0.6 is 11.6 Å². The van der Waals surface area contributed by atoms with Gasteiger partial charge in [0.15, 0.2) is 11.6 Å². The maximum Gasteiger partial charge on any atom is 0.211 e. The van der Waals surface area contributed by atoms with Crippen molar-refractivity contribution in [2.75, 3.05) is 19.1 Å². The molecule has 5 rings (SSSR count). The number of carbonyl (C=O) groups is 3. The van der Waals surface area contributed by atoms with Crippen molar-refractivity contribution in [3.8, 4) is 5.75 Å². The first-order chi connectivity index (χ1) is 20.8. The van der Waals surface area contributed by atoms with E-state index in [9.17, 15) is 19.5 Å². The second-order valence-corrected chi connectivity index (χ2v) is 10.2. The van der Waals surface area contributed by atoms with Gasteiger partial charge in [-0.3, -0.25) is 19.4 Å². The number of benzene rings is 4. The van der Waals surface area contributed by atoms with E-state index in [1.807, 2.05) is 24.1 Å². The number of aliphatic hydroxyl groups excluding tert-OH is 1. The average molecular weight is 591 g/mol. The summed E-state index contributed by atoms with van der Waals surface area (Å²) in [6, 6.07) is 29.8. The number of hydrogen-bond acceptors (Lipinski definition) is 7. The van der Waals surface area contributed by atoms with Gasteiger partial charge in [0.2, 0.25) is 5.78 Å². The molecule has 0 aliphatic rings. The van der Waals surface area contributed by atoms with Crippen molar-refractivity contribution in [1.29, 1.82) is 0 Å². The number of methoxy groups -OCH3 is 1. The number of Topliss-reactive ketones (excluding diaryl/α,β-unsaturated/α-hetero) is 1. The molecule has 5 aromatic rings. The lowest BCUT2D eigenvalue weighted by molar-refractivity contribution is 0.0744. The van der Waals surface area contributed by atoms with Gasteiger partial charge in [0.25, 0.3) is 0 Å². The van der Waals surface area contributed by atoms with E-state index < -0.39 is 23.5 Å². The standard InChI is InChI=1S/C35H27ClN2O5/c1-38(26-13-11-25(36)12-14-26)27-15-19-31(37-21-27)33(40)24-10-18-29(32(39)23-8-16-28(43-2)17-9-23)30(20-24)35(42)34(41)22-6-4-3-5-7-22/h3-21,34,41H,1-2H3. The molecule has 0 radical (unpaired) electrons.